The lowest BCUT2D eigenvalue weighted by Crippen LogP contribution is -2.30. The van der Waals surface area contributed by atoms with Gasteiger partial charge in [0.1, 0.15) is 0 Å². The van der Waals surface area contributed by atoms with Crippen LogP contribution in [0.15, 0.2) is 42.5 Å². The molecule has 2 heteroatoms. The van der Waals surface area contributed by atoms with Gasteiger partial charge in [-0.25, -0.2) is 0 Å². The molecule has 0 saturated carbocycles. The SMILES string of the molecule is CCCNC(COC(C)(C)C)c1ccc2ccccc2c1. The number of nitrogens with one attached hydrogen (secondary N) is 1. The highest BCUT2D eigenvalue weighted by Gasteiger charge is 2.16. The smallest absolute Gasteiger partial charge is 0.0668 e. The molecule has 0 radical (unpaired) electrons. The monoisotopic (exact) mass is 285 g/mol. The molecule has 1 N–H and O–H groups in total. The van der Waals surface area contributed by atoms with Crippen LogP contribution in [-0.2, 0) is 4.74 Å². The summed E-state index contributed by atoms with van der Waals surface area (Å²) in [7, 11) is 0. The van der Waals surface area contributed by atoms with E-state index in [0.29, 0.717) is 6.61 Å². The second kappa shape index (κ2) is 7.06. The molecule has 0 aromatic heterocycles. The first kappa shape index (κ1) is 16.0. The summed E-state index contributed by atoms with van der Waals surface area (Å²) in [6.07, 6.45) is 1.12. The Balaban J connectivity index is 2.20. The van der Waals surface area contributed by atoms with Gasteiger partial charge in [-0.1, -0.05) is 43.3 Å². The lowest BCUT2D eigenvalue weighted by Gasteiger charge is -2.25. The van der Waals surface area contributed by atoms with Gasteiger partial charge in [0.25, 0.3) is 0 Å². The van der Waals surface area contributed by atoms with Gasteiger partial charge in [0.2, 0.25) is 0 Å². The van der Waals surface area contributed by atoms with Crippen molar-refractivity contribution in [3.05, 3.63) is 48.0 Å². The zero-order valence-corrected chi connectivity index (χ0v) is 13.6. The Morgan fingerprint density at radius 3 is 2.43 bits per heavy atom. The summed E-state index contributed by atoms with van der Waals surface area (Å²) in [5.74, 6) is 0. The van der Waals surface area contributed by atoms with Crippen molar-refractivity contribution in [2.45, 2.75) is 45.8 Å². The molecule has 0 aliphatic rings. The van der Waals surface area contributed by atoms with Crippen molar-refractivity contribution in [2.75, 3.05) is 13.2 Å². The minimum Gasteiger partial charge on any atom is -0.374 e. The summed E-state index contributed by atoms with van der Waals surface area (Å²) >= 11 is 0. The molecule has 0 heterocycles. The second-order valence-electron chi connectivity index (χ2n) is 6.54. The summed E-state index contributed by atoms with van der Waals surface area (Å²) in [5.41, 5.74) is 1.19. The van der Waals surface area contributed by atoms with Gasteiger partial charge in [-0.2, -0.15) is 0 Å². The van der Waals surface area contributed by atoms with Gasteiger partial charge >= 0.3 is 0 Å². The molecule has 0 fully saturated rings. The standard InChI is InChI=1S/C19H27NO/c1-5-12-20-18(14-21-19(2,3)4)17-11-10-15-8-6-7-9-16(15)13-17/h6-11,13,18,20H,5,12,14H2,1-4H3. The van der Waals surface area contributed by atoms with Crippen molar-refractivity contribution in [1.82, 2.24) is 5.32 Å². The van der Waals surface area contributed by atoms with Crippen molar-refractivity contribution < 1.29 is 4.74 Å². The lowest BCUT2D eigenvalue weighted by atomic mass is 10.0. The summed E-state index contributed by atoms with van der Waals surface area (Å²) in [6, 6.07) is 15.4. The van der Waals surface area contributed by atoms with E-state index in [-0.39, 0.29) is 11.6 Å². The zero-order chi connectivity index (χ0) is 15.3. The molecule has 114 valence electrons. The molecule has 0 saturated heterocycles. The van der Waals surface area contributed by atoms with E-state index in [1.54, 1.807) is 0 Å². The van der Waals surface area contributed by atoms with Crippen LogP contribution in [0.2, 0.25) is 0 Å². The number of rotatable bonds is 6. The fraction of sp³-hybridized carbons (Fsp3) is 0.474. The number of benzene rings is 2. The van der Waals surface area contributed by atoms with Gasteiger partial charge in [0.15, 0.2) is 0 Å². The van der Waals surface area contributed by atoms with Crippen molar-refractivity contribution in [1.29, 1.82) is 0 Å². The summed E-state index contributed by atoms with van der Waals surface area (Å²) in [5, 5.41) is 6.17. The van der Waals surface area contributed by atoms with Gasteiger partial charge in [0.05, 0.1) is 18.2 Å². The number of hydrogen-bond acceptors (Lipinski definition) is 2. The number of ether oxygens (including phenoxy) is 1. The molecule has 0 aliphatic carbocycles. The molecule has 0 amide bonds. The molecule has 1 atom stereocenters. The zero-order valence-electron chi connectivity index (χ0n) is 13.6. The average molecular weight is 285 g/mol. The van der Waals surface area contributed by atoms with E-state index >= 15 is 0 Å². The van der Waals surface area contributed by atoms with Crippen LogP contribution in [0.5, 0.6) is 0 Å². The van der Waals surface area contributed by atoms with Gasteiger partial charge in [-0.05, 0) is 56.1 Å². The fourth-order valence-corrected chi connectivity index (χ4v) is 2.35. The molecular weight excluding hydrogens is 258 g/mol. The van der Waals surface area contributed by atoms with Crippen molar-refractivity contribution in [2.24, 2.45) is 0 Å². The topological polar surface area (TPSA) is 21.3 Å². The van der Waals surface area contributed by atoms with E-state index in [0.717, 1.165) is 13.0 Å². The van der Waals surface area contributed by atoms with Crippen molar-refractivity contribution in [3.8, 4) is 0 Å². The van der Waals surface area contributed by atoms with Crippen LogP contribution in [0.3, 0.4) is 0 Å². The highest BCUT2D eigenvalue weighted by molar-refractivity contribution is 5.83. The van der Waals surface area contributed by atoms with Crippen LogP contribution in [0.1, 0.15) is 45.7 Å². The molecule has 2 nitrogen and oxygen atoms in total. The van der Waals surface area contributed by atoms with E-state index in [2.05, 4.69) is 75.5 Å². The van der Waals surface area contributed by atoms with Crippen LogP contribution in [0.25, 0.3) is 10.8 Å². The predicted octanol–water partition coefficient (Wildman–Crippen LogP) is 4.70. The van der Waals surface area contributed by atoms with Crippen molar-refractivity contribution in [3.63, 3.8) is 0 Å². The number of fused-ring (bicyclic) bond motifs is 1. The average Bonchev–Trinajstić information content (AvgIpc) is 2.46. The Hall–Kier alpha value is -1.38. The Morgan fingerprint density at radius 1 is 1.05 bits per heavy atom. The van der Waals surface area contributed by atoms with Gasteiger partial charge in [0, 0.05) is 0 Å². The third-order valence-electron chi connectivity index (χ3n) is 3.50. The van der Waals surface area contributed by atoms with Crippen LogP contribution in [0.4, 0.5) is 0 Å². The molecule has 2 aromatic rings. The normalized spacial score (nSPS) is 13.5. The highest BCUT2D eigenvalue weighted by atomic mass is 16.5. The van der Waals surface area contributed by atoms with E-state index < -0.39 is 0 Å². The molecule has 1 unspecified atom stereocenters. The molecule has 0 aliphatic heterocycles. The summed E-state index contributed by atoms with van der Waals surface area (Å²) < 4.78 is 5.99. The Bertz CT molecular complexity index is 571. The van der Waals surface area contributed by atoms with E-state index in [1.165, 1.54) is 16.3 Å². The van der Waals surface area contributed by atoms with E-state index in [9.17, 15) is 0 Å². The minimum atomic E-state index is -0.108. The third-order valence-corrected chi connectivity index (χ3v) is 3.50. The third kappa shape index (κ3) is 4.83. The summed E-state index contributed by atoms with van der Waals surface area (Å²) in [6.45, 7) is 10.2. The van der Waals surface area contributed by atoms with Crippen LogP contribution < -0.4 is 5.32 Å². The largest absolute Gasteiger partial charge is 0.374 e. The van der Waals surface area contributed by atoms with Gasteiger partial charge in [-0.15, -0.1) is 0 Å². The Labute approximate surface area is 128 Å². The molecular formula is C19H27NO. The minimum absolute atomic E-state index is 0.108. The highest BCUT2D eigenvalue weighted by Crippen LogP contribution is 2.22. The molecule has 0 spiro atoms. The molecule has 21 heavy (non-hydrogen) atoms. The maximum absolute atomic E-state index is 5.99. The molecule has 2 rings (SSSR count). The first-order chi connectivity index (χ1) is 9.99. The van der Waals surface area contributed by atoms with Gasteiger partial charge in [-0.3, -0.25) is 0 Å². The quantitative estimate of drug-likeness (QED) is 0.831. The predicted molar refractivity (Wildman–Crippen MR) is 90.7 cm³/mol. The second-order valence-corrected chi connectivity index (χ2v) is 6.54. The first-order valence-electron chi connectivity index (χ1n) is 7.85. The lowest BCUT2D eigenvalue weighted by molar-refractivity contribution is -0.0147. The first-order valence-corrected chi connectivity index (χ1v) is 7.85. The Morgan fingerprint density at radius 2 is 1.76 bits per heavy atom. The summed E-state index contributed by atoms with van der Waals surface area (Å²) in [4.78, 5) is 0. The van der Waals surface area contributed by atoms with Crippen LogP contribution >= 0.6 is 0 Å². The number of hydrogen-bond donors (Lipinski definition) is 1. The fourth-order valence-electron chi connectivity index (χ4n) is 2.35. The van der Waals surface area contributed by atoms with Crippen LogP contribution in [0, 0.1) is 0 Å². The van der Waals surface area contributed by atoms with Gasteiger partial charge < -0.3 is 10.1 Å². The maximum atomic E-state index is 5.99. The van der Waals surface area contributed by atoms with E-state index in [4.69, 9.17) is 4.74 Å². The van der Waals surface area contributed by atoms with Crippen molar-refractivity contribution >= 4 is 10.8 Å². The molecule has 2 aromatic carbocycles. The molecule has 0 bridgehead atoms. The van der Waals surface area contributed by atoms with E-state index in [1.807, 2.05) is 0 Å². The van der Waals surface area contributed by atoms with Crippen LogP contribution in [-0.4, -0.2) is 18.8 Å². The Kier molecular flexibility index (Phi) is 5.38. The maximum Gasteiger partial charge on any atom is 0.0668 e.